The van der Waals surface area contributed by atoms with Crippen molar-refractivity contribution in [2.75, 3.05) is 26.3 Å². The first-order chi connectivity index (χ1) is 9.31. The Labute approximate surface area is 125 Å². The van der Waals surface area contributed by atoms with Gasteiger partial charge in [0.05, 0.1) is 13.2 Å². The van der Waals surface area contributed by atoms with Crippen molar-refractivity contribution in [2.24, 2.45) is 0 Å². The summed E-state index contributed by atoms with van der Waals surface area (Å²) in [5.41, 5.74) is 0.974. The monoisotopic (exact) mass is 300 g/mol. The number of nitrogens with one attached hydrogen (secondary N) is 2. The lowest BCUT2D eigenvalue weighted by Gasteiger charge is -2.22. The minimum atomic E-state index is -0.395. The van der Waals surface area contributed by atoms with Crippen LogP contribution in [0.2, 0.25) is 0 Å². The number of rotatable bonds is 5. The first-order valence-corrected chi connectivity index (χ1v) is 6.62. The molecule has 1 amide bonds. The van der Waals surface area contributed by atoms with E-state index in [0.29, 0.717) is 26.3 Å². The SMILES string of the molecule is CCOc1ccccc1CNC(=O)C1CNCCO1.Cl. The molecule has 1 fully saturated rings. The number of hydrogen-bond acceptors (Lipinski definition) is 4. The number of hydrogen-bond donors (Lipinski definition) is 2. The molecule has 0 aliphatic carbocycles. The molecule has 1 heterocycles. The highest BCUT2D eigenvalue weighted by molar-refractivity contribution is 5.85. The Morgan fingerprint density at radius 2 is 2.30 bits per heavy atom. The van der Waals surface area contributed by atoms with E-state index in [2.05, 4.69) is 10.6 Å². The maximum absolute atomic E-state index is 11.9. The van der Waals surface area contributed by atoms with Crippen molar-refractivity contribution < 1.29 is 14.3 Å². The lowest BCUT2D eigenvalue weighted by molar-refractivity contribution is -0.134. The van der Waals surface area contributed by atoms with E-state index in [-0.39, 0.29) is 18.3 Å². The highest BCUT2D eigenvalue weighted by atomic mass is 35.5. The Morgan fingerprint density at radius 3 is 3.00 bits per heavy atom. The van der Waals surface area contributed by atoms with E-state index < -0.39 is 6.10 Å². The number of amides is 1. The second-order valence-electron chi connectivity index (χ2n) is 4.32. The van der Waals surface area contributed by atoms with E-state index in [9.17, 15) is 4.79 Å². The second kappa shape index (κ2) is 8.79. The fourth-order valence-corrected chi connectivity index (χ4v) is 1.98. The van der Waals surface area contributed by atoms with Crippen LogP contribution in [0.1, 0.15) is 12.5 Å². The van der Waals surface area contributed by atoms with Gasteiger partial charge in [-0.25, -0.2) is 0 Å². The van der Waals surface area contributed by atoms with Gasteiger partial charge in [0.25, 0.3) is 5.91 Å². The number of halogens is 1. The highest BCUT2D eigenvalue weighted by Crippen LogP contribution is 2.17. The van der Waals surface area contributed by atoms with Crippen molar-refractivity contribution in [3.63, 3.8) is 0 Å². The molecule has 0 saturated carbocycles. The lowest BCUT2D eigenvalue weighted by Crippen LogP contribution is -2.47. The maximum atomic E-state index is 11.9. The predicted molar refractivity (Wildman–Crippen MR) is 79.3 cm³/mol. The van der Waals surface area contributed by atoms with Crippen LogP contribution in [0.25, 0.3) is 0 Å². The van der Waals surface area contributed by atoms with E-state index in [1.54, 1.807) is 0 Å². The van der Waals surface area contributed by atoms with Crippen LogP contribution in [0.3, 0.4) is 0 Å². The number of benzene rings is 1. The van der Waals surface area contributed by atoms with E-state index in [1.807, 2.05) is 31.2 Å². The van der Waals surface area contributed by atoms with E-state index in [1.165, 1.54) is 0 Å². The van der Waals surface area contributed by atoms with Crippen LogP contribution < -0.4 is 15.4 Å². The van der Waals surface area contributed by atoms with Gasteiger partial charge in [0, 0.05) is 25.2 Å². The molecule has 0 aromatic heterocycles. The van der Waals surface area contributed by atoms with E-state index in [0.717, 1.165) is 17.9 Å². The van der Waals surface area contributed by atoms with Crippen molar-refractivity contribution in [3.8, 4) is 5.75 Å². The Kier molecular flexibility index (Phi) is 7.36. The highest BCUT2D eigenvalue weighted by Gasteiger charge is 2.21. The molecule has 0 spiro atoms. The summed E-state index contributed by atoms with van der Waals surface area (Å²) < 4.78 is 10.9. The number of para-hydroxylation sites is 1. The van der Waals surface area contributed by atoms with E-state index >= 15 is 0 Å². The van der Waals surface area contributed by atoms with Gasteiger partial charge >= 0.3 is 0 Å². The Hall–Kier alpha value is -1.30. The molecular formula is C14H21ClN2O3. The Morgan fingerprint density at radius 1 is 1.50 bits per heavy atom. The van der Waals surface area contributed by atoms with Gasteiger partial charge in [-0.3, -0.25) is 4.79 Å². The topological polar surface area (TPSA) is 59.6 Å². The summed E-state index contributed by atoms with van der Waals surface area (Å²) in [6.45, 7) is 4.95. The maximum Gasteiger partial charge on any atom is 0.250 e. The molecule has 1 aliphatic heterocycles. The molecule has 0 bridgehead atoms. The van der Waals surface area contributed by atoms with Crippen LogP contribution in [0.5, 0.6) is 5.75 Å². The van der Waals surface area contributed by atoms with Crippen molar-refractivity contribution >= 4 is 18.3 Å². The molecule has 2 N–H and O–H groups in total. The number of carbonyl (C=O) groups excluding carboxylic acids is 1. The van der Waals surface area contributed by atoms with Crippen molar-refractivity contribution in [3.05, 3.63) is 29.8 Å². The molecule has 0 radical (unpaired) electrons. The third kappa shape index (κ3) is 4.67. The number of ether oxygens (including phenoxy) is 2. The summed E-state index contributed by atoms with van der Waals surface area (Å²) >= 11 is 0. The summed E-state index contributed by atoms with van der Waals surface area (Å²) in [5.74, 6) is 0.728. The van der Waals surface area contributed by atoms with Gasteiger partial charge in [-0.15, -0.1) is 12.4 Å². The van der Waals surface area contributed by atoms with Gasteiger partial charge in [0.15, 0.2) is 0 Å². The zero-order valence-corrected chi connectivity index (χ0v) is 12.4. The van der Waals surface area contributed by atoms with Gasteiger partial charge in [-0.1, -0.05) is 18.2 Å². The summed E-state index contributed by atoms with van der Waals surface area (Å²) in [5, 5.41) is 6.02. The molecule has 2 rings (SSSR count). The summed E-state index contributed by atoms with van der Waals surface area (Å²) in [6.07, 6.45) is -0.395. The minimum Gasteiger partial charge on any atom is -0.494 e. The van der Waals surface area contributed by atoms with E-state index in [4.69, 9.17) is 9.47 Å². The number of morpholine rings is 1. The van der Waals surface area contributed by atoms with Crippen LogP contribution in [0.15, 0.2) is 24.3 Å². The number of carbonyl (C=O) groups is 1. The molecule has 5 nitrogen and oxygen atoms in total. The largest absolute Gasteiger partial charge is 0.494 e. The second-order valence-corrected chi connectivity index (χ2v) is 4.32. The molecule has 1 aromatic carbocycles. The van der Waals surface area contributed by atoms with Crippen molar-refractivity contribution in [1.29, 1.82) is 0 Å². The van der Waals surface area contributed by atoms with Gasteiger partial charge in [-0.2, -0.15) is 0 Å². The summed E-state index contributed by atoms with van der Waals surface area (Å²) in [4.78, 5) is 11.9. The van der Waals surface area contributed by atoms with Gasteiger partial charge in [0.1, 0.15) is 11.9 Å². The average molecular weight is 301 g/mol. The smallest absolute Gasteiger partial charge is 0.250 e. The van der Waals surface area contributed by atoms with Crippen molar-refractivity contribution in [1.82, 2.24) is 10.6 Å². The van der Waals surface area contributed by atoms with Crippen LogP contribution in [0, 0.1) is 0 Å². The Bertz CT molecular complexity index is 423. The minimum absolute atomic E-state index is 0. The van der Waals surface area contributed by atoms with Crippen LogP contribution in [-0.4, -0.2) is 38.3 Å². The first-order valence-electron chi connectivity index (χ1n) is 6.62. The molecule has 1 aliphatic rings. The zero-order valence-electron chi connectivity index (χ0n) is 11.6. The zero-order chi connectivity index (χ0) is 13.5. The van der Waals surface area contributed by atoms with Crippen LogP contribution in [0.4, 0.5) is 0 Å². The molecule has 1 atom stereocenters. The fourth-order valence-electron chi connectivity index (χ4n) is 1.98. The quantitative estimate of drug-likeness (QED) is 0.855. The van der Waals surface area contributed by atoms with Gasteiger partial charge < -0.3 is 20.1 Å². The molecular weight excluding hydrogens is 280 g/mol. The third-order valence-electron chi connectivity index (χ3n) is 2.95. The molecule has 1 aromatic rings. The molecule has 112 valence electrons. The Balaban J connectivity index is 0.00000200. The fraction of sp³-hybridized carbons (Fsp3) is 0.500. The third-order valence-corrected chi connectivity index (χ3v) is 2.95. The standard InChI is InChI=1S/C14H20N2O3.ClH/c1-2-18-12-6-4-3-5-11(12)9-16-14(17)13-10-15-7-8-19-13;/h3-6,13,15H,2,7-10H2,1H3,(H,16,17);1H. The van der Waals surface area contributed by atoms with Gasteiger partial charge in [0.2, 0.25) is 0 Å². The molecule has 20 heavy (non-hydrogen) atoms. The van der Waals surface area contributed by atoms with Crippen molar-refractivity contribution in [2.45, 2.75) is 19.6 Å². The van der Waals surface area contributed by atoms with Gasteiger partial charge in [-0.05, 0) is 13.0 Å². The predicted octanol–water partition coefficient (Wildman–Crippen LogP) is 1.11. The lowest BCUT2D eigenvalue weighted by atomic mass is 10.2. The first kappa shape index (κ1) is 16.8. The molecule has 6 heteroatoms. The molecule has 1 unspecified atom stereocenters. The summed E-state index contributed by atoms with van der Waals surface area (Å²) in [7, 11) is 0. The summed E-state index contributed by atoms with van der Waals surface area (Å²) in [6, 6.07) is 7.71. The van der Waals surface area contributed by atoms with Crippen LogP contribution >= 0.6 is 12.4 Å². The van der Waals surface area contributed by atoms with Crippen LogP contribution in [-0.2, 0) is 16.1 Å². The average Bonchev–Trinajstić information content (AvgIpc) is 2.47. The molecule has 1 saturated heterocycles. The normalized spacial score (nSPS) is 17.9.